The highest BCUT2D eigenvalue weighted by Crippen LogP contribution is 2.46. The Morgan fingerprint density at radius 3 is 2.87 bits per heavy atom. The van der Waals surface area contributed by atoms with Gasteiger partial charge in [-0.3, -0.25) is 9.89 Å². The van der Waals surface area contributed by atoms with E-state index in [4.69, 9.17) is 15.6 Å². The van der Waals surface area contributed by atoms with Gasteiger partial charge in [-0.1, -0.05) is 39.3 Å². The Labute approximate surface area is 186 Å². The van der Waals surface area contributed by atoms with Gasteiger partial charge in [-0.25, -0.2) is 0 Å². The second-order valence-electron chi connectivity index (χ2n) is 8.89. The number of nitrogens with two attached hydrogens (primary N) is 1. The number of aliphatic imine (C=N–C) groups is 1. The van der Waals surface area contributed by atoms with Crippen molar-refractivity contribution < 1.29 is 4.84 Å². The van der Waals surface area contributed by atoms with Crippen molar-refractivity contribution in [1.29, 1.82) is 0 Å². The summed E-state index contributed by atoms with van der Waals surface area (Å²) in [5.74, 6) is 1.31. The van der Waals surface area contributed by atoms with Gasteiger partial charge < -0.3 is 15.9 Å². The van der Waals surface area contributed by atoms with Gasteiger partial charge in [0, 0.05) is 31.0 Å². The van der Waals surface area contributed by atoms with E-state index in [1.807, 2.05) is 35.5 Å². The van der Waals surface area contributed by atoms with Gasteiger partial charge in [0.05, 0.1) is 17.1 Å². The molecular weight excluding hydrogens is 386 g/mol. The van der Waals surface area contributed by atoms with E-state index in [-0.39, 0.29) is 11.7 Å². The van der Waals surface area contributed by atoms with Crippen LogP contribution in [0, 0.1) is 5.92 Å². The van der Waals surface area contributed by atoms with Crippen LogP contribution >= 0.6 is 0 Å². The fourth-order valence-electron chi connectivity index (χ4n) is 4.87. The van der Waals surface area contributed by atoms with Gasteiger partial charge in [0.2, 0.25) is 0 Å². The molecule has 0 fully saturated rings. The second kappa shape index (κ2) is 8.79. The first-order valence-electron chi connectivity index (χ1n) is 11.5. The molecule has 3 N–H and O–H groups in total. The number of hydrogen-bond acceptors (Lipinski definition) is 6. The maximum Gasteiger partial charge on any atom is 0.157 e. The van der Waals surface area contributed by atoms with Gasteiger partial charge in [0.15, 0.2) is 5.75 Å². The first-order chi connectivity index (χ1) is 15.0. The molecule has 1 aliphatic carbocycles. The zero-order chi connectivity index (χ0) is 22.0. The average Bonchev–Trinajstić information content (AvgIpc) is 3.03. The van der Waals surface area contributed by atoms with Crippen molar-refractivity contribution >= 4 is 11.4 Å². The zero-order valence-electron chi connectivity index (χ0n) is 19.1. The summed E-state index contributed by atoms with van der Waals surface area (Å²) >= 11 is 0. The third kappa shape index (κ3) is 3.85. The molecule has 0 aromatic heterocycles. The van der Waals surface area contributed by atoms with Crippen molar-refractivity contribution in [1.82, 2.24) is 9.96 Å². The molecule has 0 radical (unpaired) electrons. The Kier molecular flexibility index (Phi) is 6.10. The maximum absolute atomic E-state index is 6.49. The topological polar surface area (TPSA) is 66.1 Å². The molecule has 166 valence electrons. The van der Waals surface area contributed by atoms with E-state index in [2.05, 4.69) is 56.1 Å². The third-order valence-electron chi connectivity index (χ3n) is 6.06. The van der Waals surface area contributed by atoms with E-state index >= 15 is 0 Å². The Bertz CT molecular complexity index is 932. The largest absolute Gasteiger partial charge is 0.397 e. The molecule has 2 heterocycles. The lowest BCUT2D eigenvalue weighted by molar-refractivity contribution is -0.0135. The van der Waals surface area contributed by atoms with Gasteiger partial charge in [0.1, 0.15) is 11.7 Å². The molecule has 4 rings (SSSR count). The summed E-state index contributed by atoms with van der Waals surface area (Å²) in [5, 5.41) is 5.24. The highest BCUT2D eigenvalue weighted by atomic mass is 16.7. The highest BCUT2D eigenvalue weighted by molar-refractivity contribution is 6.11. The van der Waals surface area contributed by atoms with Crippen molar-refractivity contribution in [2.24, 2.45) is 16.6 Å². The number of allylic oxidation sites excluding steroid dienone is 2. The van der Waals surface area contributed by atoms with Crippen molar-refractivity contribution in [3.8, 4) is 5.75 Å². The summed E-state index contributed by atoms with van der Waals surface area (Å²) in [6.07, 6.45) is 11.4. The second-order valence-corrected chi connectivity index (χ2v) is 8.89. The van der Waals surface area contributed by atoms with Gasteiger partial charge in [0.25, 0.3) is 0 Å². The van der Waals surface area contributed by atoms with E-state index in [1.165, 1.54) is 0 Å². The summed E-state index contributed by atoms with van der Waals surface area (Å²) in [6, 6.07) is 8.07. The fourth-order valence-corrected chi connectivity index (χ4v) is 4.87. The molecule has 6 nitrogen and oxygen atoms in total. The Morgan fingerprint density at radius 2 is 2.13 bits per heavy atom. The number of nitrogens with one attached hydrogen (secondary N) is 1. The average molecular weight is 422 g/mol. The van der Waals surface area contributed by atoms with Crippen LogP contribution in [0.2, 0.25) is 0 Å². The molecule has 0 saturated heterocycles. The number of anilines is 1. The quantitative estimate of drug-likeness (QED) is 0.640. The minimum Gasteiger partial charge on any atom is -0.397 e. The molecule has 0 amide bonds. The monoisotopic (exact) mass is 421 g/mol. The highest BCUT2D eigenvalue weighted by Gasteiger charge is 2.56. The molecule has 1 spiro atoms. The van der Waals surface area contributed by atoms with E-state index in [0.29, 0.717) is 5.92 Å². The molecule has 2 aliphatic heterocycles. The van der Waals surface area contributed by atoms with Gasteiger partial charge in [-0.05, 0) is 50.0 Å². The standard InChI is InChI=1S/C25H35N5O/c1-5-9-23-28-24-21(26)12-13-22-25(24,29(23)17-18(3)4)14-8-15-30(22)31-20-11-7-10-19(16-20)27-6-2/h7-8,10-13,15-16,18,23,27H,5-6,9,14,17,26H2,1-4H3. The van der Waals surface area contributed by atoms with Gasteiger partial charge in [-0.2, -0.15) is 5.06 Å². The third-order valence-corrected chi connectivity index (χ3v) is 6.06. The van der Waals surface area contributed by atoms with E-state index < -0.39 is 0 Å². The lowest BCUT2D eigenvalue weighted by Crippen LogP contribution is -2.60. The summed E-state index contributed by atoms with van der Waals surface area (Å²) in [4.78, 5) is 14.1. The van der Waals surface area contributed by atoms with Gasteiger partial charge in [-0.15, -0.1) is 0 Å². The van der Waals surface area contributed by atoms with Crippen LogP contribution in [0.15, 0.2) is 65.1 Å². The van der Waals surface area contributed by atoms with Crippen LogP contribution in [0.1, 0.15) is 47.0 Å². The first-order valence-corrected chi connectivity index (χ1v) is 11.5. The van der Waals surface area contributed by atoms with Crippen LogP contribution in [0.5, 0.6) is 5.75 Å². The van der Waals surface area contributed by atoms with E-state index in [0.717, 1.165) is 60.9 Å². The minimum atomic E-state index is -0.378. The van der Waals surface area contributed by atoms with Crippen molar-refractivity contribution in [2.45, 2.75) is 58.7 Å². The fraction of sp³-hybridized carbons (Fsp3) is 0.480. The number of benzene rings is 1. The van der Waals surface area contributed by atoms with E-state index in [1.54, 1.807) is 0 Å². The smallest absolute Gasteiger partial charge is 0.157 e. The molecule has 1 aromatic rings. The van der Waals surface area contributed by atoms with Crippen LogP contribution in [0.25, 0.3) is 0 Å². The lowest BCUT2D eigenvalue weighted by atomic mass is 9.78. The minimum absolute atomic E-state index is 0.140. The zero-order valence-corrected chi connectivity index (χ0v) is 19.1. The van der Waals surface area contributed by atoms with Crippen molar-refractivity contribution in [2.75, 3.05) is 18.4 Å². The number of nitrogens with zero attached hydrogens (tertiary/aromatic N) is 3. The SMILES string of the molecule is CCCC1N=C2C(N)=CC=C3N(Oc4cccc(NCC)c4)C=CCC32N1CC(C)C. The Balaban J connectivity index is 1.71. The molecular formula is C25H35N5O. The van der Waals surface area contributed by atoms with Crippen LogP contribution in [-0.2, 0) is 0 Å². The lowest BCUT2D eigenvalue weighted by Gasteiger charge is -2.48. The molecule has 6 heteroatoms. The number of hydroxylamine groups is 2. The summed E-state index contributed by atoms with van der Waals surface area (Å²) in [7, 11) is 0. The van der Waals surface area contributed by atoms with Crippen LogP contribution in [0.3, 0.4) is 0 Å². The van der Waals surface area contributed by atoms with Crippen LogP contribution < -0.4 is 15.9 Å². The predicted molar refractivity (Wildman–Crippen MR) is 128 cm³/mol. The maximum atomic E-state index is 6.49. The number of rotatable bonds is 8. The summed E-state index contributed by atoms with van der Waals surface area (Å²) in [6.45, 7) is 10.7. The molecule has 0 bridgehead atoms. The summed E-state index contributed by atoms with van der Waals surface area (Å²) in [5.41, 5.74) is 9.99. The molecule has 2 atom stereocenters. The molecule has 2 unspecified atom stereocenters. The van der Waals surface area contributed by atoms with Crippen LogP contribution in [-0.4, -0.2) is 40.5 Å². The molecule has 0 saturated carbocycles. The summed E-state index contributed by atoms with van der Waals surface area (Å²) < 4.78 is 0. The van der Waals surface area contributed by atoms with Crippen molar-refractivity contribution in [3.05, 3.63) is 60.1 Å². The number of hydrogen-bond donors (Lipinski definition) is 2. The van der Waals surface area contributed by atoms with E-state index in [9.17, 15) is 0 Å². The van der Waals surface area contributed by atoms with Gasteiger partial charge >= 0.3 is 0 Å². The molecule has 1 aromatic carbocycles. The Hall–Kier alpha value is -2.73. The molecule has 3 aliphatic rings. The van der Waals surface area contributed by atoms with Crippen LogP contribution in [0.4, 0.5) is 5.69 Å². The normalized spacial score (nSPS) is 25.0. The Morgan fingerprint density at radius 1 is 1.29 bits per heavy atom. The first kappa shape index (κ1) is 21.5. The van der Waals surface area contributed by atoms with Crippen molar-refractivity contribution in [3.63, 3.8) is 0 Å². The predicted octanol–water partition coefficient (Wildman–Crippen LogP) is 4.65. The molecule has 31 heavy (non-hydrogen) atoms.